The molecule has 2 rings (SSSR count). The highest BCUT2D eigenvalue weighted by Gasteiger charge is 2.17. The molecule has 0 radical (unpaired) electrons. The lowest BCUT2D eigenvalue weighted by Gasteiger charge is -2.31. The first-order valence-electron chi connectivity index (χ1n) is 6.86. The van der Waals surface area contributed by atoms with E-state index in [-0.39, 0.29) is 5.91 Å². The normalized spacial score (nSPS) is 16.0. The number of benzene rings is 1. The molecule has 1 saturated heterocycles. The van der Waals surface area contributed by atoms with Crippen molar-refractivity contribution in [1.82, 2.24) is 9.80 Å². The van der Waals surface area contributed by atoms with Gasteiger partial charge in [-0.15, -0.1) is 0 Å². The zero-order chi connectivity index (χ0) is 14.5. The summed E-state index contributed by atoms with van der Waals surface area (Å²) in [5.74, 6) is -0.00504. The van der Waals surface area contributed by atoms with Crippen molar-refractivity contribution in [3.05, 3.63) is 29.3 Å². The van der Waals surface area contributed by atoms with Gasteiger partial charge in [0, 0.05) is 31.9 Å². The highest BCUT2D eigenvalue weighted by Crippen LogP contribution is 2.13. The molecule has 2 amide bonds. The van der Waals surface area contributed by atoms with Gasteiger partial charge < -0.3 is 10.2 Å². The standard InChI is InChI=1S/C15H21N3O2/c1-12-7-13(2)9-14(8-12)16-15(20)10-17-3-5-18(11-19)6-4-17/h7-9,11H,3-6,10H2,1-2H3,(H,16,20). The second kappa shape index (κ2) is 6.52. The van der Waals surface area contributed by atoms with Crippen LogP contribution in [-0.2, 0) is 9.59 Å². The summed E-state index contributed by atoms with van der Waals surface area (Å²) >= 11 is 0. The summed E-state index contributed by atoms with van der Waals surface area (Å²) in [6, 6.07) is 6.01. The number of aryl methyl sites for hydroxylation is 2. The molecule has 20 heavy (non-hydrogen) atoms. The van der Waals surface area contributed by atoms with E-state index < -0.39 is 0 Å². The Hall–Kier alpha value is -1.88. The zero-order valence-corrected chi connectivity index (χ0v) is 12.1. The van der Waals surface area contributed by atoms with E-state index >= 15 is 0 Å². The molecule has 1 aliphatic rings. The molecule has 0 aliphatic carbocycles. The summed E-state index contributed by atoms with van der Waals surface area (Å²) < 4.78 is 0. The van der Waals surface area contributed by atoms with Crippen LogP contribution in [0.15, 0.2) is 18.2 Å². The van der Waals surface area contributed by atoms with Gasteiger partial charge in [-0.3, -0.25) is 14.5 Å². The van der Waals surface area contributed by atoms with Crippen LogP contribution in [0, 0.1) is 13.8 Å². The fraction of sp³-hybridized carbons (Fsp3) is 0.467. The van der Waals surface area contributed by atoms with E-state index in [2.05, 4.69) is 16.3 Å². The topological polar surface area (TPSA) is 52.7 Å². The third-order valence-electron chi connectivity index (χ3n) is 3.43. The maximum Gasteiger partial charge on any atom is 0.238 e. The van der Waals surface area contributed by atoms with E-state index in [0.29, 0.717) is 19.6 Å². The minimum Gasteiger partial charge on any atom is -0.343 e. The van der Waals surface area contributed by atoms with Crippen LogP contribution in [0.4, 0.5) is 5.69 Å². The van der Waals surface area contributed by atoms with Gasteiger partial charge >= 0.3 is 0 Å². The number of piperazine rings is 1. The maximum atomic E-state index is 12.0. The molecule has 1 aliphatic heterocycles. The van der Waals surface area contributed by atoms with Gasteiger partial charge in [-0.05, 0) is 37.1 Å². The Bertz CT molecular complexity index is 474. The number of nitrogens with zero attached hydrogens (tertiary/aromatic N) is 2. The van der Waals surface area contributed by atoms with Crippen molar-refractivity contribution in [2.75, 3.05) is 38.0 Å². The van der Waals surface area contributed by atoms with Crippen molar-refractivity contribution in [2.45, 2.75) is 13.8 Å². The van der Waals surface area contributed by atoms with E-state index in [4.69, 9.17) is 0 Å². The highest BCUT2D eigenvalue weighted by atomic mass is 16.2. The molecule has 1 aromatic rings. The lowest BCUT2D eigenvalue weighted by molar-refractivity contribution is -0.120. The molecule has 0 saturated carbocycles. The van der Waals surface area contributed by atoms with Crippen LogP contribution in [0.25, 0.3) is 0 Å². The number of hydrogen-bond acceptors (Lipinski definition) is 3. The lowest BCUT2D eigenvalue weighted by Crippen LogP contribution is -2.48. The Kier molecular flexibility index (Phi) is 4.74. The molecule has 5 heteroatoms. The summed E-state index contributed by atoms with van der Waals surface area (Å²) in [6.07, 6.45) is 0.868. The van der Waals surface area contributed by atoms with Crippen LogP contribution in [-0.4, -0.2) is 54.8 Å². The predicted octanol–water partition coefficient (Wildman–Crippen LogP) is 1.02. The van der Waals surface area contributed by atoms with Crippen molar-refractivity contribution in [3.8, 4) is 0 Å². The van der Waals surface area contributed by atoms with Crippen LogP contribution >= 0.6 is 0 Å². The Morgan fingerprint density at radius 1 is 1.15 bits per heavy atom. The first-order chi connectivity index (χ1) is 9.56. The molecule has 0 aromatic heterocycles. The average Bonchev–Trinajstić information content (AvgIpc) is 2.38. The Balaban J connectivity index is 1.85. The number of nitrogens with one attached hydrogen (secondary N) is 1. The fourth-order valence-corrected chi connectivity index (χ4v) is 2.48. The number of hydrogen-bond donors (Lipinski definition) is 1. The third-order valence-corrected chi connectivity index (χ3v) is 3.43. The second-order valence-corrected chi connectivity index (χ2v) is 5.34. The molecule has 0 bridgehead atoms. The third kappa shape index (κ3) is 4.06. The molecule has 1 fully saturated rings. The summed E-state index contributed by atoms with van der Waals surface area (Å²) in [7, 11) is 0. The molecule has 0 atom stereocenters. The van der Waals surface area contributed by atoms with Crippen LogP contribution < -0.4 is 5.32 Å². The van der Waals surface area contributed by atoms with Gasteiger partial charge in [0.1, 0.15) is 0 Å². The molecular formula is C15H21N3O2. The number of rotatable bonds is 4. The summed E-state index contributed by atoms with van der Waals surface area (Å²) in [4.78, 5) is 26.4. The number of amides is 2. The number of carbonyl (C=O) groups is 2. The van der Waals surface area contributed by atoms with Gasteiger partial charge in [-0.2, -0.15) is 0 Å². The van der Waals surface area contributed by atoms with Gasteiger partial charge in [-0.1, -0.05) is 6.07 Å². The molecule has 0 spiro atoms. The van der Waals surface area contributed by atoms with Gasteiger partial charge in [0.05, 0.1) is 6.54 Å². The molecule has 5 nitrogen and oxygen atoms in total. The average molecular weight is 275 g/mol. The zero-order valence-electron chi connectivity index (χ0n) is 12.1. The summed E-state index contributed by atoms with van der Waals surface area (Å²) in [5, 5.41) is 2.93. The van der Waals surface area contributed by atoms with E-state index in [1.54, 1.807) is 4.90 Å². The van der Waals surface area contributed by atoms with Crippen LogP contribution in [0.1, 0.15) is 11.1 Å². The Labute approximate surface area is 119 Å². The van der Waals surface area contributed by atoms with Gasteiger partial charge in [0.25, 0.3) is 0 Å². The minimum absolute atomic E-state index is 0.00504. The van der Waals surface area contributed by atoms with E-state index in [1.165, 1.54) is 0 Å². The van der Waals surface area contributed by atoms with Crippen molar-refractivity contribution in [2.24, 2.45) is 0 Å². The lowest BCUT2D eigenvalue weighted by atomic mass is 10.1. The smallest absolute Gasteiger partial charge is 0.238 e. The Morgan fingerprint density at radius 3 is 2.30 bits per heavy atom. The van der Waals surface area contributed by atoms with Crippen LogP contribution in [0.3, 0.4) is 0 Å². The van der Waals surface area contributed by atoms with E-state index in [9.17, 15) is 9.59 Å². The molecule has 1 heterocycles. The number of carbonyl (C=O) groups excluding carboxylic acids is 2. The molecule has 0 unspecified atom stereocenters. The maximum absolute atomic E-state index is 12.0. The van der Waals surface area contributed by atoms with Crippen molar-refractivity contribution in [3.63, 3.8) is 0 Å². The van der Waals surface area contributed by atoms with Crippen molar-refractivity contribution >= 4 is 18.0 Å². The van der Waals surface area contributed by atoms with E-state index in [0.717, 1.165) is 36.3 Å². The molecule has 1 aromatic carbocycles. The SMILES string of the molecule is Cc1cc(C)cc(NC(=O)CN2CCN(C=O)CC2)c1. The number of anilines is 1. The summed E-state index contributed by atoms with van der Waals surface area (Å²) in [5.41, 5.74) is 3.12. The highest BCUT2D eigenvalue weighted by molar-refractivity contribution is 5.92. The quantitative estimate of drug-likeness (QED) is 0.835. The monoisotopic (exact) mass is 275 g/mol. The van der Waals surface area contributed by atoms with Gasteiger partial charge in [-0.25, -0.2) is 0 Å². The molecular weight excluding hydrogens is 254 g/mol. The predicted molar refractivity (Wildman–Crippen MR) is 78.6 cm³/mol. The first-order valence-corrected chi connectivity index (χ1v) is 6.86. The van der Waals surface area contributed by atoms with Crippen molar-refractivity contribution in [1.29, 1.82) is 0 Å². The molecule has 1 N–H and O–H groups in total. The second-order valence-electron chi connectivity index (χ2n) is 5.34. The van der Waals surface area contributed by atoms with E-state index in [1.807, 2.05) is 26.0 Å². The van der Waals surface area contributed by atoms with Gasteiger partial charge in [0.2, 0.25) is 12.3 Å². The van der Waals surface area contributed by atoms with Crippen LogP contribution in [0.2, 0.25) is 0 Å². The van der Waals surface area contributed by atoms with Crippen molar-refractivity contribution < 1.29 is 9.59 Å². The minimum atomic E-state index is -0.00504. The fourth-order valence-electron chi connectivity index (χ4n) is 2.48. The Morgan fingerprint density at radius 2 is 1.75 bits per heavy atom. The summed E-state index contributed by atoms with van der Waals surface area (Å²) in [6.45, 7) is 7.29. The van der Waals surface area contributed by atoms with Gasteiger partial charge in [0.15, 0.2) is 0 Å². The largest absolute Gasteiger partial charge is 0.343 e. The molecule has 108 valence electrons. The van der Waals surface area contributed by atoms with Crippen LogP contribution in [0.5, 0.6) is 0 Å². The first kappa shape index (κ1) is 14.5.